The SMILES string of the molecule is C#Cc1c(F)ccc2cc(OCOC)cc(-c3ncc4c(N5CC6CCC(C5)N6C(=O)OC(C)(C)C)nc(OC[C@@]56CCCN5[C@H](COC(=O)N5CCC(OCC#Cc7cccc8c7n(C)c(=O)n8C7CCC(=O)NC7=O)CC5)CC6)nc4c3F)c12. The van der Waals surface area contributed by atoms with Gasteiger partial charge in [-0.05, 0) is 121 Å². The molecule has 0 radical (unpaired) electrons. The second-order valence-electron chi connectivity index (χ2n) is 24.1. The van der Waals surface area contributed by atoms with Crippen molar-refractivity contribution < 1.29 is 56.4 Å². The Morgan fingerprint density at radius 1 is 0.930 bits per heavy atom. The highest BCUT2D eigenvalue weighted by atomic mass is 19.1. The molecule has 1 N–H and O–H groups in total. The number of para-hydroxylation sites is 1. The highest BCUT2D eigenvalue weighted by Gasteiger charge is 2.51. The van der Waals surface area contributed by atoms with Gasteiger partial charge in [0.05, 0.1) is 51.3 Å². The van der Waals surface area contributed by atoms with Crippen molar-refractivity contribution in [1.29, 1.82) is 0 Å². The van der Waals surface area contributed by atoms with Crippen LogP contribution < -0.4 is 25.4 Å². The number of hydrogen-bond acceptors (Lipinski definition) is 16. The van der Waals surface area contributed by atoms with Crippen molar-refractivity contribution in [3.63, 3.8) is 0 Å². The number of carbonyl (C=O) groups excluding carboxylic acids is 4. The molecule has 3 aromatic heterocycles. The molecule has 21 nitrogen and oxygen atoms in total. The molecule has 6 aliphatic heterocycles. The number of hydrogen-bond donors (Lipinski definition) is 1. The number of piperazine rings is 1. The molecule has 0 aliphatic carbocycles. The van der Waals surface area contributed by atoms with Crippen LogP contribution in [0.4, 0.5) is 24.2 Å². The lowest BCUT2D eigenvalue weighted by atomic mass is 9.95. The van der Waals surface area contributed by atoms with Crippen LogP contribution in [0.2, 0.25) is 0 Å². The molecule has 6 aliphatic rings. The number of methoxy groups -OCH3 is 1. The third-order valence-electron chi connectivity index (χ3n) is 17.7. The van der Waals surface area contributed by atoms with Gasteiger partial charge in [0.25, 0.3) is 0 Å². The van der Waals surface area contributed by atoms with Crippen LogP contribution in [0.5, 0.6) is 11.8 Å². The van der Waals surface area contributed by atoms with Gasteiger partial charge in [0.15, 0.2) is 12.6 Å². The number of nitrogens with zero attached hydrogens (tertiary/aromatic N) is 9. The lowest BCUT2D eigenvalue weighted by Gasteiger charge is -2.42. The largest absolute Gasteiger partial charge is 0.468 e. The number of pyridine rings is 1. The summed E-state index contributed by atoms with van der Waals surface area (Å²) in [6.45, 7) is 8.34. The summed E-state index contributed by atoms with van der Waals surface area (Å²) in [6.07, 6.45) is 12.8. The minimum absolute atomic E-state index is 0.0524. The van der Waals surface area contributed by atoms with Crippen molar-refractivity contribution in [1.82, 2.24) is 44.1 Å². The van der Waals surface area contributed by atoms with Gasteiger partial charge in [-0.2, -0.15) is 9.97 Å². The van der Waals surface area contributed by atoms with Gasteiger partial charge in [0.1, 0.15) is 60.1 Å². The third-order valence-corrected chi connectivity index (χ3v) is 17.7. The Hall–Kier alpha value is -8.38. The number of aryl methyl sites for hydroxylation is 1. The van der Waals surface area contributed by atoms with E-state index >= 15 is 8.78 Å². The van der Waals surface area contributed by atoms with Crippen molar-refractivity contribution >= 4 is 62.5 Å². The summed E-state index contributed by atoms with van der Waals surface area (Å²) < 4.78 is 71.7. The summed E-state index contributed by atoms with van der Waals surface area (Å²) in [7, 11) is 3.11. The first-order chi connectivity index (χ1) is 41.4. The van der Waals surface area contributed by atoms with Crippen LogP contribution in [0.3, 0.4) is 0 Å². The molecule has 3 aromatic carbocycles. The third kappa shape index (κ3) is 11.0. The summed E-state index contributed by atoms with van der Waals surface area (Å²) in [4.78, 5) is 87.4. The number of piperidine rings is 2. The monoisotopic (exact) mass is 1180 g/mol. The molecule has 12 rings (SSSR count). The zero-order chi connectivity index (χ0) is 60.2. The number of anilines is 1. The van der Waals surface area contributed by atoms with Gasteiger partial charge in [0.2, 0.25) is 11.8 Å². The van der Waals surface area contributed by atoms with Crippen LogP contribution in [0.1, 0.15) is 102 Å². The van der Waals surface area contributed by atoms with E-state index in [9.17, 15) is 24.0 Å². The van der Waals surface area contributed by atoms with E-state index in [-0.39, 0.29) is 115 Å². The Morgan fingerprint density at radius 3 is 2.47 bits per heavy atom. The molecule has 23 heteroatoms. The molecule has 0 saturated carbocycles. The van der Waals surface area contributed by atoms with Crippen LogP contribution in [0, 0.1) is 35.8 Å². The maximum Gasteiger partial charge on any atom is 0.410 e. The van der Waals surface area contributed by atoms with E-state index in [4.69, 9.17) is 44.8 Å². The maximum absolute atomic E-state index is 17.8. The predicted octanol–water partition coefficient (Wildman–Crippen LogP) is 7.35. The van der Waals surface area contributed by atoms with Gasteiger partial charge in [-0.1, -0.05) is 29.9 Å². The Labute approximate surface area is 495 Å². The first-order valence-corrected chi connectivity index (χ1v) is 29.4. The standard InChI is InChI=1S/C63H68F2N10O11/c1-7-44-47(64)17-14-38-29-43(85-36-81-6)30-45(51(38)44)53-52(65)54-46(31-66-53)56(72-32-39-15-16-40(33-72)74(39)61(80)86-62(2,3)4)69-58(68-54)84-35-63-23-10-25-73(63)41(20-24-63)34-83-60(79)71-26-21-42(22-27-71)82-28-9-12-37-11-8-13-48-55(37)70(5)59(78)75(48)49-18-19-50(76)67-57(49)77/h1,8,11,13-14,17,29-31,39-42,49H,10,15-16,18-28,32-36H2,2-6H3,(H,67,76,77)/t39?,40?,41-,49?,63-/m0/s1. The number of likely N-dealkylation sites (tertiary alicyclic amines) is 1. The van der Waals surface area contributed by atoms with Gasteiger partial charge in [-0.15, -0.1) is 6.42 Å². The highest BCUT2D eigenvalue weighted by molar-refractivity contribution is 6.03. The first-order valence-electron chi connectivity index (χ1n) is 29.4. The van der Waals surface area contributed by atoms with Crippen molar-refractivity contribution in [2.45, 2.75) is 126 Å². The van der Waals surface area contributed by atoms with Gasteiger partial charge >= 0.3 is 23.9 Å². The van der Waals surface area contributed by atoms with Gasteiger partial charge in [0, 0.05) is 69.9 Å². The molecule has 9 heterocycles. The molecule has 3 unspecified atom stereocenters. The summed E-state index contributed by atoms with van der Waals surface area (Å²) >= 11 is 0. The number of nitrogens with one attached hydrogen (secondary N) is 1. The quantitative estimate of drug-likeness (QED) is 0.0680. The van der Waals surface area contributed by atoms with E-state index in [1.54, 1.807) is 42.3 Å². The molecular formula is C63H68F2N10O11. The molecule has 450 valence electrons. The number of benzene rings is 3. The number of imide groups is 1. The second kappa shape index (κ2) is 23.5. The molecule has 86 heavy (non-hydrogen) atoms. The molecular weight excluding hydrogens is 1110 g/mol. The molecule has 5 atom stereocenters. The zero-order valence-corrected chi connectivity index (χ0v) is 48.8. The number of rotatable bonds is 13. The van der Waals surface area contributed by atoms with Crippen molar-refractivity contribution in [3.05, 3.63) is 81.9 Å². The van der Waals surface area contributed by atoms with E-state index in [0.29, 0.717) is 78.0 Å². The fraction of sp³-hybridized carbons (Fsp3) is 0.492. The lowest BCUT2D eigenvalue weighted by Crippen LogP contribution is -2.57. The van der Waals surface area contributed by atoms with E-state index < -0.39 is 40.8 Å². The van der Waals surface area contributed by atoms with Crippen molar-refractivity contribution in [2.75, 3.05) is 71.3 Å². The Kier molecular flexibility index (Phi) is 15.8. The Bertz CT molecular complexity index is 3860. The highest BCUT2D eigenvalue weighted by Crippen LogP contribution is 2.45. The van der Waals surface area contributed by atoms with Crippen molar-refractivity contribution in [2.24, 2.45) is 7.05 Å². The summed E-state index contributed by atoms with van der Waals surface area (Å²) in [5.41, 5.74) is 0.157. The molecule has 6 saturated heterocycles. The fourth-order valence-corrected chi connectivity index (χ4v) is 13.7. The first kappa shape index (κ1) is 58.0. The number of fused-ring (bicyclic) bond motifs is 6. The number of amides is 4. The van der Waals surface area contributed by atoms with E-state index in [0.717, 1.165) is 45.1 Å². The number of carbonyl (C=O) groups is 4. The molecule has 6 aromatic rings. The smallest absolute Gasteiger partial charge is 0.410 e. The number of aromatic nitrogens is 5. The topological polar surface area (TPSA) is 214 Å². The zero-order valence-electron chi connectivity index (χ0n) is 48.8. The summed E-state index contributed by atoms with van der Waals surface area (Å²) in [6, 6.07) is 10.1. The normalized spacial score (nSPS) is 22.5. The fourth-order valence-electron chi connectivity index (χ4n) is 13.7. The minimum atomic E-state index is -0.808. The number of halogens is 2. The second-order valence-corrected chi connectivity index (χ2v) is 24.1. The number of imidazole rings is 1. The van der Waals surface area contributed by atoms with Gasteiger partial charge < -0.3 is 38.2 Å². The van der Waals surface area contributed by atoms with Gasteiger partial charge in [-0.25, -0.2) is 23.2 Å². The molecule has 4 amide bonds. The predicted molar refractivity (Wildman–Crippen MR) is 312 cm³/mol. The Balaban J connectivity index is 0.723. The van der Waals surface area contributed by atoms with Gasteiger partial charge in [-0.3, -0.25) is 38.8 Å². The number of terminal acetylenes is 1. The maximum atomic E-state index is 17.8. The summed E-state index contributed by atoms with van der Waals surface area (Å²) in [5, 5.41) is 3.42. The van der Waals surface area contributed by atoms with Crippen LogP contribution in [-0.4, -0.2) is 165 Å². The van der Waals surface area contributed by atoms with Crippen LogP contribution in [-0.2, 0) is 35.6 Å². The number of ether oxygens (including phenoxy) is 6. The van der Waals surface area contributed by atoms with E-state index in [1.165, 1.54) is 28.5 Å². The summed E-state index contributed by atoms with van der Waals surface area (Å²) in [5.74, 6) is 7.05. The Morgan fingerprint density at radius 2 is 1.72 bits per heavy atom. The van der Waals surface area contributed by atoms with Crippen LogP contribution >= 0.6 is 0 Å². The molecule has 2 bridgehead atoms. The average Bonchev–Trinajstić information content (AvgIpc) is 1.36. The van der Waals surface area contributed by atoms with Crippen LogP contribution in [0.15, 0.2) is 53.5 Å². The van der Waals surface area contributed by atoms with E-state index in [1.807, 2.05) is 36.6 Å². The molecule has 0 spiro atoms. The van der Waals surface area contributed by atoms with Crippen LogP contribution in [0.25, 0.3) is 44.0 Å². The minimum Gasteiger partial charge on any atom is -0.468 e. The van der Waals surface area contributed by atoms with E-state index in [2.05, 4.69) is 33.0 Å². The average molecular weight is 1180 g/mol. The molecule has 6 fully saturated rings. The lowest BCUT2D eigenvalue weighted by molar-refractivity contribution is -0.135. The van der Waals surface area contributed by atoms with Crippen molar-refractivity contribution in [3.8, 4) is 47.2 Å².